The fourth-order valence-electron chi connectivity index (χ4n) is 2.16. The monoisotopic (exact) mass is 420 g/mol. The fourth-order valence-corrected chi connectivity index (χ4v) is 4.07. The van der Waals surface area contributed by atoms with Gasteiger partial charge in [0.1, 0.15) is 16.7 Å². The van der Waals surface area contributed by atoms with E-state index in [4.69, 9.17) is 33.2 Å². The number of halogens is 2. The van der Waals surface area contributed by atoms with Gasteiger partial charge < -0.3 is 4.74 Å². The average Bonchev–Trinajstić information content (AvgIpc) is 2.65. The molecule has 0 aliphatic rings. The van der Waals surface area contributed by atoms with E-state index < -0.39 is 14.7 Å². The van der Waals surface area contributed by atoms with Gasteiger partial charge in [-0.2, -0.15) is 10.5 Å². The van der Waals surface area contributed by atoms with Crippen LogP contribution in [0.5, 0.6) is 5.75 Å². The molecule has 27 heavy (non-hydrogen) atoms. The number of benzene rings is 2. The second-order valence-electron chi connectivity index (χ2n) is 5.38. The zero-order valence-electron chi connectivity index (χ0n) is 14.0. The van der Waals surface area contributed by atoms with E-state index in [9.17, 15) is 13.7 Å². The molecule has 0 saturated carbocycles. The number of ether oxygens (including phenoxy) is 1. The highest BCUT2D eigenvalue weighted by Gasteiger charge is 2.24. The van der Waals surface area contributed by atoms with Crippen LogP contribution < -0.4 is 4.74 Å². The van der Waals surface area contributed by atoms with Gasteiger partial charge in [0.25, 0.3) is 0 Å². The number of nitrogens with zero attached hydrogens (tertiary/aromatic N) is 2. The SMILES string of the molecule is N#CCCCOc1cccc(/C=C(/C#N)S(=O)(=O)c2cc(Cl)ccc2Cl)c1. The lowest BCUT2D eigenvalue weighted by Gasteiger charge is -2.07. The summed E-state index contributed by atoms with van der Waals surface area (Å²) in [5.74, 6) is 0.511. The molecular formula is C19H14Cl2N2O3S. The van der Waals surface area contributed by atoms with Crippen molar-refractivity contribution in [3.63, 3.8) is 0 Å². The van der Waals surface area contributed by atoms with Crippen molar-refractivity contribution in [1.29, 1.82) is 10.5 Å². The van der Waals surface area contributed by atoms with Crippen LogP contribution in [0.4, 0.5) is 0 Å². The van der Waals surface area contributed by atoms with Gasteiger partial charge in [-0.05, 0) is 48.4 Å². The molecule has 0 aliphatic heterocycles. The van der Waals surface area contributed by atoms with Gasteiger partial charge in [-0.15, -0.1) is 0 Å². The van der Waals surface area contributed by atoms with Crippen LogP contribution in [0.3, 0.4) is 0 Å². The second-order valence-corrected chi connectivity index (χ2v) is 8.11. The molecule has 2 rings (SSSR count). The van der Waals surface area contributed by atoms with Crippen LogP contribution >= 0.6 is 23.2 Å². The van der Waals surface area contributed by atoms with Crippen LogP contribution in [0.15, 0.2) is 52.3 Å². The Hall–Kier alpha value is -2.51. The fraction of sp³-hybridized carbons (Fsp3) is 0.158. The van der Waals surface area contributed by atoms with Gasteiger partial charge in [-0.25, -0.2) is 8.42 Å². The number of hydrogen-bond donors (Lipinski definition) is 0. The molecule has 0 atom stereocenters. The first kappa shape index (κ1) is 20.8. The van der Waals surface area contributed by atoms with Gasteiger partial charge in [-0.1, -0.05) is 35.3 Å². The molecule has 138 valence electrons. The summed E-state index contributed by atoms with van der Waals surface area (Å²) in [6.07, 6.45) is 2.22. The van der Waals surface area contributed by atoms with Crippen LogP contribution in [-0.2, 0) is 9.84 Å². The standard InChI is InChI=1S/C19H14Cl2N2O3S/c20-15-6-7-18(21)19(12-15)27(24,25)17(13-23)11-14-4-3-5-16(10-14)26-9-2-1-8-22/h3-7,10-12H,1-2,9H2/b17-11-. The summed E-state index contributed by atoms with van der Waals surface area (Å²) in [5.41, 5.74) is 0.478. The smallest absolute Gasteiger partial charge is 0.218 e. The minimum Gasteiger partial charge on any atom is -0.494 e. The molecule has 0 saturated heterocycles. The third-order valence-corrected chi connectivity index (χ3v) is 5.82. The van der Waals surface area contributed by atoms with E-state index in [2.05, 4.69) is 0 Å². The minimum absolute atomic E-state index is 0.0184. The summed E-state index contributed by atoms with van der Waals surface area (Å²) < 4.78 is 31.1. The topological polar surface area (TPSA) is 90.9 Å². The molecule has 0 aromatic heterocycles. The van der Waals surface area contributed by atoms with Gasteiger partial charge in [0, 0.05) is 11.4 Å². The number of hydrogen-bond acceptors (Lipinski definition) is 5. The maximum atomic E-state index is 12.8. The summed E-state index contributed by atoms with van der Waals surface area (Å²) >= 11 is 11.8. The lowest BCUT2D eigenvalue weighted by Crippen LogP contribution is -2.04. The van der Waals surface area contributed by atoms with Crippen LogP contribution in [0.1, 0.15) is 18.4 Å². The number of rotatable bonds is 7. The van der Waals surface area contributed by atoms with Crippen molar-refractivity contribution in [3.8, 4) is 17.9 Å². The van der Waals surface area contributed by atoms with Gasteiger partial charge in [0.15, 0.2) is 0 Å². The largest absolute Gasteiger partial charge is 0.494 e. The summed E-state index contributed by atoms with van der Waals surface area (Å²) in [4.78, 5) is -0.693. The van der Waals surface area contributed by atoms with Gasteiger partial charge in [0.2, 0.25) is 9.84 Å². The molecule has 0 radical (unpaired) electrons. The lowest BCUT2D eigenvalue weighted by atomic mass is 10.2. The van der Waals surface area contributed by atoms with Crippen LogP contribution in [0.2, 0.25) is 10.0 Å². The number of nitriles is 2. The average molecular weight is 421 g/mol. The highest BCUT2D eigenvalue weighted by molar-refractivity contribution is 7.95. The predicted molar refractivity (Wildman–Crippen MR) is 104 cm³/mol. The number of sulfone groups is 1. The summed E-state index contributed by atoms with van der Waals surface area (Å²) in [6, 6.07) is 14.4. The van der Waals surface area contributed by atoms with Gasteiger partial charge >= 0.3 is 0 Å². The van der Waals surface area contributed by atoms with E-state index >= 15 is 0 Å². The molecule has 0 N–H and O–H groups in total. The quantitative estimate of drug-likeness (QED) is 0.463. The molecule has 8 heteroatoms. The highest BCUT2D eigenvalue weighted by atomic mass is 35.5. The van der Waals surface area contributed by atoms with Crippen molar-refractivity contribution >= 4 is 39.1 Å². The third kappa shape index (κ3) is 5.48. The first-order valence-corrected chi connectivity index (χ1v) is 10.0. The maximum Gasteiger partial charge on any atom is 0.218 e. The third-order valence-electron chi connectivity index (χ3n) is 3.44. The number of unbranched alkanes of at least 4 members (excludes halogenated alkanes) is 1. The Bertz CT molecular complexity index is 1050. The van der Waals surface area contributed by atoms with Crippen LogP contribution in [0, 0.1) is 22.7 Å². The Morgan fingerprint density at radius 2 is 1.93 bits per heavy atom. The molecule has 5 nitrogen and oxygen atoms in total. The molecule has 0 aliphatic carbocycles. The zero-order valence-corrected chi connectivity index (χ0v) is 16.4. The number of allylic oxidation sites excluding steroid dienone is 1. The Kier molecular flexibility index (Phi) is 7.27. The Balaban J connectivity index is 2.34. The maximum absolute atomic E-state index is 12.8. The predicted octanol–water partition coefficient (Wildman–Crippen LogP) is 5.01. The Morgan fingerprint density at radius 1 is 1.15 bits per heavy atom. The van der Waals surface area contributed by atoms with E-state index in [0.29, 0.717) is 30.8 Å². The van der Waals surface area contributed by atoms with Crippen molar-refractivity contribution in [2.75, 3.05) is 6.61 Å². The molecule has 0 unspecified atom stereocenters. The molecule has 0 fully saturated rings. The Morgan fingerprint density at radius 3 is 2.63 bits per heavy atom. The van der Waals surface area contributed by atoms with Crippen LogP contribution in [-0.4, -0.2) is 15.0 Å². The van der Waals surface area contributed by atoms with Crippen molar-refractivity contribution in [2.24, 2.45) is 0 Å². The van der Waals surface area contributed by atoms with Crippen LogP contribution in [0.25, 0.3) is 6.08 Å². The van der Waals surface area contributed by atoms with Crippen molar-refractivity contribution < 1.29 is 13.2 Å². The highest BCUT2D eigenvalue weighted by Crippen LogP contribution is 2.30. The van der Waals surface area contributed by atoms with E-state index in [0.717, 1.165) is 0 Å². The Labute approximate surface area is 167 Å². The summed E-state index contributed by atoms with van der Waals surface area (Å²) in [7, 11) is -4.13. The van der Waals surface area contributed by atoms with E-state index in [1.807, 2.05) is 6.07 Å². The first-order chi connectivity index (χ1) is 12.9. The van der Waals surface area contributed by atoms with E-state index in [1.165, 1.54) is 24.3 Å². The molecule has 2 aromatic carbocycles. The van der Waals surface area contributed by atoms with E-state index in [-0.39, 0.29) is 14.9 Å². The molecule has 0 bridgehead atoms. The summed E-state index contributed by atoms with van der Waals surface area (Å²) in [6.45, 7) is 0.363. The van der Waals surface area contributed by atoms with Crippen molar-refractivity contribution in [1.82, 2.24) is 0 Å². The van der Waals surface area contributed by atoms with E-state index in [1.54, 1.807) is 30.3 Å². The zero-order chi connectivity index (χ0) is 19.9. The lowest BCUT2D eigenvalue weighted by molar-refractivity contribution is 0.312. The first-order valence-electron chi connectivity index (χ1n) is 7.80. The minimum atomic E-state index is -4.13. The molecular weight excluding hydrogens is 407 g/mol. The van der Waals surface area contributed by atoms with Crippen molar-refractivity contribution in [3.05, 3.63) is 63.0 Å². The molecule has 0 heterocycles. The second kappa shape index (κ2) is 9.43. The van der Waals surface area contributed by atoms with Crippen molar-refractivity contribution in [2.45, 2.75) is 17.7 Å². The normalized spacial score (nSPS) is 11.5. The summed E-state index contributed by atoms with van der Waals surface area (Å²) in [5, 5.41) is 18.1. The molecule has 0 spiro atoms. The van der Waals surface area contributed by atoms with Gasteiger partial charge in [-0.3, -0.25) is 0 Å². The molecule has 2 aromatic rings. The van der Waals surface area contributed by atoms with Gasteiger partial charge in [0.05, 0.1) is 22.6 Å². The molecule has 0 amide bonds.